The van der Waals surface area contributed by atoms with Gasteiger partial charge in [0.05, 0.1) is 4.88 Å². The molecule has 1 heterocycles. The highest BCUT2D eigenvalue weighted by atomic mass is 32.1. The molecule has 1 aliphatic carbocycles. The molecule has 0 unspecified atom stereocenters. The second-order valence-corrected chi connectivity index (χ2v) is 4.69. The van der Waals surface area contributed by atoms with Gasteiger partial charge in [-0.3, -0.25) is 0 Å². The van der Waals surface area contributed by atoms with Crippen LogP contribution in [0.5, 0.6) is 0 Å². The van der Waals surface area contributed by atoms with Crippen LogP contribution >= 0.6 is 11.3 Å². The van der Waals surface area contributed by atoms with Gasteiger partial charge in [-0.05, 0) is 0 Å². The van der Waals surface area contributed by atoms with E-state index in [9.17, 15) is 17.6 Å². The van der Waals surface area contributed by atoms with Crippen molar-refractivity contribution in [2.24, 2.45) is 5.73 Å². The Hall–Kier alpha value is -0.690. The summed E-state index contributed by atoms with van der Waals surface area (Å²) < 4.78 is 50.4. The number of thiazole rings is 1. The molecule has 0 aliphatic heterocycles. The lowest BCUT2D eigenvalue weighted by Crippen LogP contribution is -2.45. The largest absolute Gasteiger partial charge is 0.443 e. The van der Waals surface area contributed by atoms with E-state index in [-0.39, 0.29) is 23.8 Å². The number of aromatic nitrogens is 1. The maximum Gasteiger partial charge on any atom is 0.443 e. The maximum atomic E-state index is 13.8. The van der Waals surface area contributed by atoms with Crippen molar-refractivity contribution >= 4 is 11.3 Å². The third kappa shape index (κ3) is 1.85. The first-order valence-electron chi connectivity index (χ1n) is 4.29. The minimum Gasteiger partial charge on any atom is -0.327 e. The smallest absolute Gasteiger partial charge is 0.327 e. The monoisotopic (exact) mass is 240 g/mol. The Morgan fingerprint density at radius 1 is 1.47 bits per heavy atom. The molecule has 1 fully saturated rings. The summed E-state index contributed by atoms with van der Waals surface area (Å²) in [6.45, 7) is 0. The summed E-state index contributed by atoms with van der Waals surface area (Å²) in [4.78, 5) is 3.20. The third-order valence-electron chi connectivity index (χ3n) is 2.36. The molecule has 1 aliphatic rings. The number of halogens is 4. The molecule has 0 amide bonds. The maximum absolute atomic E-state index is 13.8. The molecule has 2 N–H and O–H groups in total. The van der Waals surface area contributed by atoms with Gasteiger partial charge in [-0.2, -0.15) is 13.2 Å². The van der Waals surface area contributed by atoms with E-state index < -0.39 is 16.9 Å². The number of hydrogen-bond donors (Lipinski definition) is 1. The normalized spacial score (nSPS) is 31.4. The standard InChI is InChI=1S/C8H8F4N2S/c9-7(1-4(13)2-7)5-3-14-6(15-5)8(10,11)12/h3-4H,1-2,13H2. The predicted molar refractivity (Wildman–Crippen MR) is 47.1 cm³/mol. The summed E-state index contributed by atoms with van der Waals surface area (Å²) in [7, 11) is 0. The van der Waals surface area contributed by atoms with Gasteiger partial charge >= 0.3 is 6.18 Å². The summed E-state index contributed by atoms with van der Waals surface area (Å²) in [5.74, 6) is 0. The van der Waals surface area contributed by atoms with Crippen LogP contribution in [0.1, 0.15) is 22.7 Å². The van der Waals surface area contributed by atoms with Gasteiger partial charge in [0.25, 0.3) is 0 Å². The van der Waals surface area contributed by atoms with E-state index in [4.69, 9.17) is 5.73 Å². The molecule has 0 radical (unpaired) electrons. The number of hydrogen-bond acceptors (Lipinski definition) is 3. The molecular formula is C8H8F4N2S. The van der Waals surface area contributed by atoms with E-state index in [1.165, 1.54) is 0 Å². The summed E-state index contributed by atoms with van der Waals surface area (Å²) >= 11 is 0.358. The molecule has 0 atom stereocenters. The zero-order chi connectivity index (χ0) is 11.3. The molecular weight excluding hydrogens is 232 g/mol. The van der Waals surface area contributed by atoms with Crippen LogP contribution in [0.3, 0.4) is 0 Å². The Bertz CT molecular complexity index is 367. The van der Waals surface area contributed by atoms with E-state index in [2.05, 4.69) is 4.98 Å². The third-order valence-corrected chi connectivity index (χ3v) is 3.58. The molecule has 1 aromatic heterocycles. The summed E-state index contributed by atoms with van der Waals surface area (Å²) in [6.07, 6.45) is -3.39. The number of nitrogens with zero attached hydrogens (tertiary/aromatic N) is 1. The lowest BCUT2D eigenvalue weighted by Gasteiger charge is -2.38. The van der Waals surface area contributed by atoms with Crippen LogP contribution in [0, 0.1) is 0 Å². The Labute approximate surface area is 87.1 Å². The summed E-state index contributed by atoms with van der Waals surface area (Å²) in [5.41, 5.74) is 3.71. The Morgan fingerprint density at radius 2 is 2.07 bits per heavy atom. The van der Waals surface area contributed by atoms with E-state index in [1.807, 2.05) is 0 Å². The topological polar surface area (TPSA) is 38.9 Å². The van der Waals surface area contributed by atoms with Gasteiger partial charge in [0.1, 0.15) is 5.67 Å². The fraction of sp³-hybridized carbons (Fsp3) is 0.625. The first-order valence-corrected chi connectivity index (χ1v) is 5.11. The zero-order valence-electron chi connectivity index (χ0n) is 7.51. The predicted octanol–water partition coefficient (Wildman–Crippen LogP) is 2.45. The molecule has 0 saturated heterocycles. The molecule has 2 nitrogen and oxygen atoms in total. The van der Waals surface area contributed by atoms with Crippen LogP contribution in [-0.2, 0) is 11.8 Å². The van der Waals surface area contributed by atoms with Gasteiger partial charge in [0, 0.05) is 25.1 Å². The van der Waals surface area contributed by atoms with Crippen LogP contribution in [0.25, 0.3) is 0 Å². The summed E-state index contributed by atoms with van der Waals surface area (Å²) in [6, 6.07) is -0.258. The fourth-order valence-electron chi connectivity index (χ4n) is 1.58. The molecule has 0 aromatic carbocycles. The van der Waals surface area contributed by atoms with Crippen molar-refractivity contribution < 1.29 is 17.6 Å². The van der Waals surface area contributed by atoms with Gasteiger partial charge in [-0.1, -0.05) is 0 Å². The van der Waals surface area contributed by atoms with Crippen molar-refractivity contribution in [2.75, 3.05) is 0 Å². The average Bonchev–Trinajstić information content (AvgIpc) is 2.47. The lowest BCUT2D eigenvalue weighted by atomic mass is 9.77. The Kier molecular flexibility index (Phi) is 2.27. The number of nitrogens with two attached hydrogens (primary N) is 1. The molecule has 1 aromatic rings. The molecule has 15 heavy (non-hydrogen) atoms. The number of rotatable bonds is 1. The van der Waals surface area contributed by atoms with Crippen molar-refractivity contribution in [3.05, 3.63) is 16.1 Å². The second kappa shape index (κ2) is 3.15. The molecule has 1 saturated carbocycles. The fourth-order valence-corrected chi connectivity index (χ4v) is 2.47. The summed E-state index contributed by atoms with van der Waals surface area (Å²) in [5, 5.41) is -1.00. The Morgan fingerprint density at radius 3 is 2.47 bits per heavy atom. The van der Waals surface area contributed by atoms with E-state index >= 15 is 0 Å². The van der Waals surface area contributed by atoms with Gasteiger partial charge in [-0.15, -0.1) is 11.3 Å². The van der Waals surface area contributed by atoms with Crippen LogP contribution in [0.2, 0.25) is 0 Å². The SMILES string of the molecule is NC1CC(F)(c2cnc(C(F)(F)F)s2)C1. The average molecular weight is 240 g/mol. The van der Waals surface area contributed by atoms with Crippen molar-refractivity contribution in [1.82, 2.24) is 4.98 Å². The highest BCUT2D eigenvalue weighted by molar-refractivity contribution is 7.11. The zero-order valence-corrected chi connectivity index (χ0v) is 8.33. The highest BCUT2D eigenvalue weighted by Crippen LogP contribution is 2.47. The van der Waals surface area contributed by atoms with E-state index in [0.717, 1.165) is 6.20 Å². The minimum absolute atomic E-state index is 0.0246. The van der Waals surface area contributed by atoms with Crippen LogP contribution in [0.4, 0.5) is 17.6 Å². The highest BCUT2D eigenvalue weighted by Gasteiger charge is 2.47. The van der Waals surface area contributed by atoms with E-state index in [1.54, 1.807) is 0 Å². The van der Waals surface area contributed by atoms with Gasteiger partial charge in [0.2, 0.25) is 0 Å². The molecule has 7 heteroatoms. The molecule has 0 spiro atoms. The van der Waals surface area contributed by atoms with Crippen LogP contribution < -0.4 is 5.73 Å². The Balaban J connectivity index is 2.21. The van der Waals surface area contributed by atoms with Gasteiger partial charge < -0.3 is 5.73 Å². The van der Waals surface area contributed by atoms with Crippen molar-refractivity contribution in [2.45, 2.75) is 30.7 Å². The number of alkyl halides is 4. The van der Waals surface area contributed by atoms with Crippen LogP contribution in [0.15, 0.2) is 6.20 Å². The second-order valence-electron chi connectivity index (χ2n) is 3.66. The van der Waals surface area contributed by atoms with Gasteiger partial charge in [-0.25, -0.2) is 9.37 Å². The lowest BCUT2D eigenvalue weighted by molar-refractivity contribution is -0.137. The van der Waals surface area contributed by atoms with Crippen LogP contribution in [-0.4, -0.2) is 11.0 Å². The van der Waals surface area contributed by atoms with Crippen molar-refractivity contribution in [1.29, 1.82) is 0 Å². The van der Waals surface area contributed by atoms with Crippen molar-refractivity contribution in [3.63, 3.8) is 0 Å². The minimum atomic E-state index is -4.49. The van der Waals surface area contributed by atoms with Gasteiger partial charge in [0.15, 0.2) is 5.01 Å². The van der Waals surface area contributed by atoms with Crippen molar-refractivity contribution in [3.8, 4) is 0 Å². The first-order chi connectivity index (χ1) is 6.81. The quantitative estimate of drug-likeness (QED) is 0.766. The van der Waals surface area contributed by atoms with E-state index in [0.29, 0.717) is 11.3 Å². The molecule has 2 rings (SSSR count). The first kappa shape index (κ1) is 10.8. The molecule has 0 bridgehead atoms. The molecule has 84 valence electrons.